The highest BCUT2D eigenvalue weighted by Crippen LogP contribution is 2.33. The van der Waals surface area contributed by atoms with E-state index in [1.807, 2.05) is 11.0 Å². The zero-order chi connectivity index (χ0) is 20.3. The number of halogens is 3. The first-order valence-corrected chi connectivity index (χ1v) is 8.67. The summed E-state index contributed by atoms with van der Waals surface area (Å²) in [5.41, 5.74) is 1.97. The Morgan fingerprint density at radius 2 is 1.75 bits per heavy atom. The second-order valence-corrected chi connectivity index (χ2v) is 6.35. The van der Waals surface area contributed by atoms with Gasteiger partial charge in [0.2, 0.25) is 11.8 Å². The number of benzene rings is 1. The number of methoxy groups -OCH3 is 1. The molecule has 0 radical (unpaired) electrons. The predicted molar refractivity (Wildman–Crippen MR) is 97.4 cm³/mol. The molecule has 0 N–H and O–H groups in total. The third-order valence-corrected chi connectivity index (χ3v) is 4.49. The van der Waals surface area contributed by atoms with Crippen LogP contribution in [-0.4, -0.2) is 55.9 Å². The van der Waals surface area contributed by atoms with Crippen LogP contribution in [0.2, 0.25) is 0 Å². The molecule has 0 spiro atoms. The van der Waals surface area contributed by atoms with E-state index < -0.39 is 6.36 Å². The van der Waals surface area contributed by atoms with Crippen molar-refractivity contribution < 1.29 is 27.4 Å². The largest absolute Gasteiger partial charge is 0.573 e. The number of carbonyl (C=O) groups is 1. The molecule has 0 bridgehead atoms. The molecule has 1 aliphatic rings. The molecule has 0 unspecified atom stereocenters. The lowest BCUT2D eigenvalue weighted by Gasteiger charge is -2.25. The number of anilines is 1. The highest BCUT2D eigenvalue weighted by molar-refractivity contribution is 5.79. The van der Waals surface area contributed by atoms with Crippen molar-refractivity contribution in [2.24, 2.45) is 0 Å². The van der Waals surface area contributed by atoms with Crippen molar-refractivity contribution in [1.82, 2.24) is 9.88 Å². The van der Waals surface area contributed by atoms with Gasteiger partial charge in [0.15, 0.2) is 0 Å². The summed E-state index contributed by atoms with van der Waals surface area (Å²) in [6.45, 7) is 1.72. The van der Waals surface area contributed by atoms with Gasteiger partial charge in [0, 0.05) is 44.7 Å². The standard InChI is InChI=1S/C19H20F3N3O3/c1-24-11-12-25(10-9-17(24)26)15-7-8-16(27-2)23-18(15)13-3-5-14(6-4-13)28-19(20,21)22/h3-8H,9-12H2,1-2H3. The molecule has 1 aromatic carbocycles. The molecule has 1 amide bonds. The molecular weight excluding hydrogens is 375 g/mol. The maximum absolute atomic E-state index is 12.4. The van der Waals surface area contributed by atoms with E-state index >= 15 is 0 Å². The highest BCUT2D eigenvalue weighted by Gasteiger charge is 2.31. The van der Waals surface area contributed by atoms with Crippen molar-refractivity contribution in [2.75, 3.05) is 38.7 Å². The quantitative estimate of drug-likeness (QED) is 0.795. The number of hydrogen-bond acceptors (Lipinski definition) is 5. The maximum Gasteiger partial charge on any atom is 0.573 e. The number of carbonyl (C=O) groups excluding carboxylic acids is 1. The van der Waals surface area contributed by atoms with E-state index in [2.05, 4.69) is 9.72 Å². The molecule has 0 atom stereocenters. The van der Waals surface area contributed by atoms with Gasteiger partial charge < -0.3 is 19.3 Å². The molecule has 1 aliphatic heterocycles. The molecule has 0 saturated carbocycles. The van der Waals surface area contributed by atoms with E-state index in [9.17, 15) is 18.0 Å². The molecule has 28 heavy (non-hydrogen) atoms. The van der Waals surface area contributed by atoms with Crippen LogP contribution >= 0.6 is 0 Å². The van der Waals surface area contributed by atoms with Crippen molar-refractivity contribution in [2.45, 2.75) is 12.8 Å². The fraction of sp³-hybridized carbons (Fsp3) is 0.368. The molecule has 2 aromatic rings. The van der Waals surface area contributed by atoms with E-state index in [-0.39, 0.29) is 11.7 Å². The number of ether oxygens (including phenoxy) is 2. The number of alkyl halides is 3. The Morgan fingerprint density at radius 3 is 2.39 bits per heavy atom. The van der Waals surface area contributed by atoms with E-state index in [4.69, 9.17) is 4.74 Å². The third-order valence-electron chi connectivity index (χ3n) is 4.49. The predicted octanol–water partition coefficient (Wildman–Crippen LogP) is 3.32. The molecule has 1 fully saturated rings. The monoisotopic (exact) mass is 395 g/mol. The Hall–Kier alpha value is -2.97. The second kappa shape index (κ2) is 7.95. The Balaban J connectivity index is 1.94. The minimum absolute atomic E-state index is 0.0687. The van der Waals surface area contributed by atoms with Gasteiger partial charge in [-0.25, -0.2) is 4.98 Å². The number of likely N-dealkylation sites (N-methyl/N-ethyl adjacent to an activating group) is 1. The SMILES string of the molecule is COc1ccc(N2CCC(=O)N(C)CC2)c(-c2ccc(OC(F)(F)F)cc2)n1. The van der Waals surface area contributed by atoms with Crippen LogP contribution in [0.1, 0.15) is 6.42 Å². The Kier molecular flexibility index (Phi) is 5.62. The summed E-state index contributed by atoms with van der Waals surface area (Å²) in [5.74, 6) is 0.152. The molecule has 2 heterocycles. The molecular formula is C19H20F3N3O3. The third kappa shape index (κ3) is 4.65. The van der Waals surface area contributed by atoms with Crippen molar-refractivity contribution >= 4 is 11.6 Å². The van der Waals surface area contributed by atoms with Crippen LogP contribution < -0.4 is 14.4 Å². The van der Waals surface area contributed by atoms with Crippen molar-refractivity contribution in [1.29, 1.82) is 0 Å². The Bertz CT molecular complexity index is 841. The number of nitrogens with zero attached hydrogens (tertiary/aromatic N) is 3. The maximum atomic E-state index is 12.4. The lowest BCUT2D eigenvalue weighted by Crippen LogP contribution is -2.30. The van der Waals surface area contributed by atoms with Crippen LogP contribution in [0, 0.1) is 0 Å². The minimum atomic E-state index is -4.74. The zero-order valence-corrected chi connectivity index (χ0v) is 15.5. The lowest BCUT2D eigenvalue weighted by molar-refractivity contribution is -0.274. The topological polar surface area (TPSA) is 54.9 Å². The Morgan fingerprint density at radius 1 is 1.04 bits per heavy atom. The van der Waals surface area contributed by atoms with Crippen molar-refractivity contribution in [3.63, 3.8) is 0 Å². The van der Waals surface area contributed by atoms with Gasteiger partial charge in [0.1, 0.15) is 5.75 Å². The first-order chi connectivity index (χ1) is 13.3. The molecule has 1 saturated heterocycles. The van der Waals surface area contributed by atoms with Crippen molar-refractivity contribution in [3.05, 3.63) is 36.4 Å². The van der Waals surface area contributed by atoms with Gasteiger partial charge in [0.05, 0.1) is 18.5 Å². The number of pyridine rings is 1. The second-order valence-electron chi connectivity index (χ2n) is 6.35. The first-order valence-electron chi connectivity index (χ1n) is 8.67. The lowest BCUT2D eigenvalue weighted by atomic mass is 10.1. The summed E-state index contributed by atoms with van der Waals surface area (Å²) in [6, 6.07) is 9.08. The number of rotatable bonds is 4. The van der Waals surface area contributed by atoms with Crippen LogP contribution in [0.4, 0.5) is 18.9 Å². The molecule has 3 rings (SSSR count). The average molecular weight is 395 g/mol. The van der Waals surface area contributed by atoms with E-state index in [0.717, 1.165) is 5.69 Å². The van der Waals surface area contributed by atoms with Gasteiger partial charge in [-0.05, 0) is 30.3 Å². The van der Waals surface area contributed by atoms with E-state index in [1.54, 1.807) is 18.0 Å². The van der Waals surface area contributed by atoms with Crippen LogP contribution in [0.3, 0.4) is 0 Å². The van der Waals surface area contributed by atoms with Gasteiger partial charge >= 0.3 is 6.36 Å². The summed E-state index contributed by atoms with van der Waals surface area (Å²) >= 11 is 0. The number of aromatic nitrogens is 1. The summed E-state index contributed by atoms with van der Waals surface area (Å²) in [6.07, 6.45) is -4.37. The van der Waals surface area contributed by atoms with E-state index in [1.165, 1.54) is 31.4 Å². The number of hydrogen-bond donors (Lipinski definition) is 0. The van der Waals surface area contributed by atoms with Crippen LogP contribution in [0.25, 0.3) is 11.3 Å². The van der Waals surface area contributed by atoms with Gasteiger partial charge in [-0.15, -0.1) is 13.2 Å². The van der Waals surface area contributed by atoms with Crippen LogP contribution in [0.15, 0.2) is 36.4 Å². The summed E-state index contributed by atoms with van der Waals surface area (Å²) in [7, 11) is 3.25. The smallest absolute Gasteiger partial charge is 0.481 e. The molecule has 9 heteroatoms. The fourth-order valence-electron chi connectivity index (χ4n) is 3.00. The molecule has 150 valence electrons. The van der Waals surface area contributed by atoms with Gasteiger partial charge in [-0.1, -0.05) is 0 Å². The summed E-state index contributed by atoms with van der Waals surface area (Å²) in [4.78, 5) is 20.2. The normalized spacial score (nSPS) is 15.4. The average Bonchev–Trinajstić information content (AvgIpc) is 2.82. The van der Waals surface area contributed by atoms with Crippen LogP contribution in [0.5, 0.6) is 11.6 Å². The van der Waals surface area contributed by atoms with Gasteiger partial charge in [0.25, 0.3) is 0 Å². The first kappa shape index (κ1) is 19.8. The zero-order valence-electron chi connectivity index (χ0n) is 15.5. The van der Waals surface area contributed by atoms with Gasteiger partial charge in [-0.3, -0.25) is 4.79 Å². The van der Waals surface area contributed by atoms with Crippen LogP contribution in [-0.2, 0) is 4.79 Å². The summed E-state index contributed by atoms with van der Waals surface area (Å²) in [5, 5.41) is 0. The minimum Gasteiger partial charge on any atom is -0.481 e. The molecule has 1 aromatic heterocycles. The fourth-order valence-corrected chi connectivity index (χ4v) is 3.00. The summed E-state index contributed by atoms with van der Waals surface area (Å²) < 4.78 is 46.3. The Labute approximate surface area is 160 Å². The molecule has 0 aliphatic carbocycles. The highest BCUT2D eigenvalue weighted by atomic mass is 19.4. The molecule has 6 nitrogen and oxygen atoms in total. The van der Waals surface area contributed by atoms with Gasteiger partial charge in [-0.2, -0.15) is 0 Å². The number of amides is 1. The van der Waals surface area contributed by atoms with E-state index in [0.29, 0.717) is 43.2 Å². The van der Waals surface area contributed by atoms with Crippen molar-refractivity contribution in [3.8, 4) is 22.9 Å².